The standard InChI is InChI=1S/C12H12N4O/c17-12(16-7-5-13-9-16)15-6-3-11-10(8-15)2-1-4-14-11/h1-2,4-5,7,9H,3,6,8H2. The lowest BCUT2D eigenvalue weighted by molar-refractivity contribution is 0.193. The van der Waals surface area contributed by atoms with Gasteiger partial charge < -0.3 is 4.90 Å². The van der Waals surface area contributed by atoms with Crippen molar-refractivity contribution in [3.63, 3.8) is 0 Å². The lowest BCUT2D eigenvalue weighted by Gasteiger charge is -2.27. The highest BCUT2D eigenvalue weighted by molar-refractivity contribution is 5.76. The monoisotopic (exact) mass is 228 g/mol. The van der Waals surface area contributed by atoms with E-state index in [9.17, 15) is 4.79 Å². The van der Waals surface area contributed by atoms with Crippen molar-refractivity contribution >= 4 is 6.03 Å². The third-order valence-electron chi connectivity index (χ3n) is 2.96. The average Bonchev–Trinajstić information content (AvgIpc) is 2.91. The summed E-state index contributed by atoms with van der Waals surface area (Å²) in [5.74, 6) is 0. The topological polar surface area (TPSA) is 51.0 Å². The van der Waals surface area contributed by atoms with Crippen LogP contribution in [0.1, 0.15) is 11.3 Å². The molecule has 3 rings (SSSR count). The van der Waals surface area contributed by atoms with Crippen LogP contribution in [0.15, 0.2) is 37.1 Å². The molecule has 17 heavy (non-hydrogen) atoms. The quantitative estimate of drug-likeness (QED) is 0.683. The maximum atomic E-state index is 12.1. The van der Waals surface area contributed by atoms with Crippen LogP contribution in [0, 0.1) is 0 Å². The molecule has 0 aromatic carbocycles. The van der Waals surface area contributed by atoms with E-state index >= 15 is 0 Å². The van der Waals surface area contributed by atoms with E-state index in [1.54, 1.807) is 18.6 Å². The molecule has 0 saturated carbocycles. The molecule has 0 radical (unpaired) electrons. The van der Waals surface area contributed by atoms with E-state index in [2.05, 4.69) is 9.97 Å². The molecule has 2 aromatic heterocycles. The normalized spacial score (nSPS) is 14.5. The van der Waals surface area contributed by atoms with Crippen LogP contribution in [0.3, 0.4) is 0 Å². The Morgan fingerprint density at radius 2 is 2.29 bits per heavy atom. The molecule has 0 saturated heterocycles. The summed E-state index contributed by atoms with van der Waals surface area (Å²) in [5.41, 5.74) is 2.23. The van der Waals surface area contributed by atoms with Crippen molar-refractivity contribution < 1.29 is 4.79 Å². The van der Waals surface area contributed by atoms with E-state index in [4.69, 9.17) is 0 Å². The van der Waals surface area contributed by atoms with Crippen molar-refractivity contribution in [3.8, 4) is 0 Å². The Kier molecular flexibility index (Phi) is 2.36. The number of hydrogen-bond donors (Lipinski definition) is 0. The fourth-order valence-electron chi connectivity index (χ4n) is 2.06. The Bertz CT molecular complexity index is 535. The van der Waals surface area contributed by atoms with Gasteiger partial charge in [0, 0.05) is 43.8 Å². The van der Waals surface area contributed by atoms with Gasteiger partial charge in [0.25, 0.3) is 0 Å². The molecule has 0 bridgehead atoms. The summed E-state index contributed by atoms with van der Waals surface area (Å²) >= 11 is 0. The SMILES string of the molecule is O=C(N1CCc2ncccc2C1)n1ccnc1. The van der Waals surface area contributed by atoms with Gasteiger partial charge >= 0.3 is 6.03 Å². The minimum absolute atomic E-state index is 0.0306. The van der Waals surface area contributed by atoms with Crippen molar-refractivity contribution in [2.75, 3.05) is 6.54 Å². The molecule has 5 heteroatoms. The number of rotatable bonds is 0. The zero-order valence-corrected chi connectivity index (χ0v) is 9.28. The number of fused-ring (bicyclic) bond motifs is 1. The molecular formula is C12H12N4O. The maximum absolute atomic E-state index is 12.1. The smallest absolute Gasteiger partial charge is 0.319 e. The van der Waals surface area contributed by atoms with Gasteiger partial charge in [0.1, 0.15) is 6.33 Å². The van der Waals surface area contributed by atoms with Crippen LogP contribution >= 0.6 is 0 Å². The molecule has 0 atom stereocenters. The number of pyridine rings is 1. The van der Waals surface area contributed by atoms with Crippen LogP contribution in [0.25, 0.3) is 0 Å². The van der Waals surface area contributed by atoms with E-state index in [1.807, 2.05) is 17.0 Å². The second kappa shape index (κ2) is 4.01. The van der Waals surface area contributed by atoms with Gasteiger partial charge in [-0.2, -0.15) is 0 Å². The molecule has 0 unspecified atom stereocenters. The summed E-state index contributed by atoms with van der Waals surface area (Å²) in [4.78, 5) is 22.1. The zero-order chi connectivity index (χ0) is 11.7. The zero-order valence-electron chi connectivity index (χ0n) is 9.28. The first-order chi connectivity index (χ1) is 8.34. The van der Waals surface area contributed by atoms with Gasteiger partial charge in [-0.05, 0) is 11.6 Å². The lowest BCUT2D eigenvalue weighted by atomic mass is 10.1. The number of carbonyl (C=O) groups excluding carboxylic acids is 1. The molecule has 2 aromatic rings. The second-order valence-electron chi connectivity index (χ2n) is 4.03. The van der Waals surface area contributed by atoms with Crippen molar-refractivity contribution in [1.29, 1.82) is 0 Å². The van der Waals surface area contributed by atoms with Crippen LogP contribution in [0.4, 0.5) is 4.79 Å². The number of hydrogen-bond acceptors (Lipinski definition) is 3. The molecule has 3 heterocycles. The van der Waals surface area contributed by atoms with Crippen molar-refractivity contribution in [2.45, 2.75) is 13.0 Å². The summed E-state index contributed by atoms with van der Waals surface area (Å²) in [6.45, 7) is 1.33. The largest absolute Gasteiger partial charge is 0.329 e. The predicted octanol–water partition coefficient (Wildman–Crippen LogP) is 1.30. The fourth-order valence-corrected chi connectivity index (χ4v) is 2.06. The molecule has 0 aliphatic carbocycles. The van der Waals surface area contributed by atoms with Crippen LogP contribution in [0.5, 0.6) is 0 Å². The van der Waals surface area contributed by atoms with Crippen molar-refractivity contribution in [3.05, 3.63) is 48.3 Å². The molecule has 1 aliphatic heterocycles. The Morgan fingerprint density at radius 1 is 1.35 bits per heavy atom. The highest BCUT2D eigenvalue weighted by Crippen LogP contribution is 2.16. The molecule has 0 N–H and O–H groups in total. The Balaban J connectivity index is 1.83. The van der Waals surface area contributed by atoms with Gasteiger partial charge in [-0.3, -0.25) is 9.55 Å². The molecule has 0 spiro atoms. The van der Waals surface area contributed by atoms with Crippen molar-refractivity contribution in [2.24, 2.45) is 0 Å². The Morgan fingerprint density at radius 3 is 3.12 bits per heavy atom. The Hall–Kier alpha value is -2.17. The number of carbonyl (C=O) groups is 1. The number of nitrogens with zero attached hydrogens (tertiary/aromatic N) is 4. The highest BCUT2D eigenvalue weighted by Gasteiger charge is 2.21. The average molecular weight is 228 g/mol. The van der Waals surface area contributed by atoms with Gasteiger partial charge in [-0.15, -0.1) is 0 Å². The minimum Gasteiger partial charge on any atom is -0.319 e. The minimum atomic E-state index is -0.0306. The third kappa shape index (κ3) is 1.80. The number of aromatic nitrogens is 3. The Labute approximate surface area is 98.7 Å². The van der Waals surface area contributed by atoms with Crippen LogP contribution < -0.4 is 0 Å². The van der Waals surface area contributed by atoms with E-state index in [-0.39, 0.29) is 6.03 Å². The number of imidazole rings is 1. The lowest BCUT2D eigenvalue weighted by Crippen LogP contribution is -2.38. The van der Waals surface area contributed by atoms with Crippen LogP contribution in [-0.2, 0) is 13.0 Å². The molecular weight excluding hydrogens is 216 g/mol. The van der Waals surface area contributed by atoms with E-state index < -0.39 is 0 Å². The van der Waals surface area contributed by atoms with Crippen LogP contribution in [0.2, 0.25) is 0 Å². The van der Waals surface area contributed by atoms with Gasteiger partial charge in [-0.1, -0.05) is 6.07 Å². The van der Waals surface area contributed by atoms with Gasteiger partial charge in [0.2, 0.25) is 0 Å². The van der Waals surface area contributed by atoms with Gasteiger partial charge in [-0.25, -0.2) is 9.78 Å². The third-order valence-corrected chi connectivity index (χ3v) is 2.96. The predicted molar refractivity (Wildman–Crippen MR) is 61.4 cm³/mol. The first kappa shape index (κ1) is 10.0. The number of amides is 1. The fraction of sp³-hybridized carbons (Fsp3) is 0.250. The second-order valence-corrected chi connectivity index (χ2v) is 4.03. The maximum Gasteiger partial charge on any atom is 0.329 e. The summed E-state index contributed by atoms with van der Waals surface area (Å²) in [6.07, 6.45) is 7.42. The van der Waals surface area contributed by atoms with Gasteiger partial charge in [0.05, 0.1) is 0 Å². The molecule has 0 fully saturated rings. The summed E-state index contributed by atoms with van der Waals surface area (Å²) in [5, 5.41) is 0. The highest BCUT2D eigenvalue weighted by atomic mass is 16.2. The first-order valence-corrected chi connectivity index (χ1v) is 5.54. The first-order valence-electron chi connectivity index (χ1n) is 5.54. The van der Waals surface area contributed by atoms with E-state index in [0.717, 1.165) is 17.7 Å². The summed E-state index contributed by atoms with van der Waals surface area (Å²) < 4.78 is 1.50. The molecule has 5 nitrogen and oxygen atoms in total. The molecule has 1 amide bonds. The van der Waals surface area contributed by atoms with E-state index in [0.29, 0.717) is 13.1 Å². The van der Waals surface area contributed by atoms with Crippen molar-refractivity contribution in [1.82, 2.24) is 19.4 Å². The molecule has 1 aliphatic rings. The van der Waals surface area contributed by atoms with Gasteiger partial charge in [0.15, 0.2) is 0 Å². The van der Waals surface area contributed by atoms with E-state index in [1.165, 1.54) is 10.9 Å². The van der Waals surface area contributed by atoms with Crippen LogP contribution in [-0.4, -0.2) is 32.0 Å². The summed E-state index contributed by atoms with van der Waals surface area (Å²) in [7, 11) is 0. The molecule has 86 valence electrons. The summed E-state index contributed by atoms with van der Waals surface area (Å²) in [6, 6.07) is 3.90.